The molecule has 1 atom stereocenters. The minimum atomic E-state index is 0.281. The van der Waals surface area contributed by atoms with Gasteiger partial charge >= 0.3 is 0 Å². The number of amides is 1. The van der Waals surface area contributed by atoms with Crippen LogP contribution in [0.2, 0.25) is 0 Å². The van der Waals surface area contributed by atoms with E-state index in [1.54, 1.807) is 0 Å². The fourth-order valence-corrected chi connectivity index (χ4v) is 3.96. The maximum Gasteiger partial charge on any atom is 0.235 e. The summed E-state index contributed by atoms with van der Waals surface area (Å²) in [7, 11) is 1.92. The van der Waals surface area contributed by atoms with E-state index in [-0.39, 0.29) is 5.25 Å². The molecule has 0 bridgehead atoms. The van der Waals surface area contributed by atoms with E-state index >= 15 is 0 Å². The predicted molar refractivity (Wildman–Crippen MR) is 60.5 cm³/mol. The van der Waals surface area contributed by atoms with E-state index in [0.717, 1.165) is 18.2 Å². The molecule has 1 amide bonds. The average molecular weight is 213 g/mol. The molecule has 0 radical (unpaired) electrons. The molecular formula is C11H19NOS. The minimum Gasteiger partial charge on any atom is -0.345 e. The zero-order chi connectivity index (χ0) is 9.97. The monoisotopic (exact) mass is 213 g/mol. The summed E-state index contributed by atoms with van der Waals surface area (Å²) in [6.45, 7) is 0.962. The van der Waals surface area contributed by atoms with E-state index in [2.05, 4.69) is 0 Å². The number of likely N-dealkylation sites (tertiary alicyclic amines) is 1. The summed E-state index contributed by atoms with van der Waals surface area (Å²) in [6.07, 6.45) is 7.87. The van der Waals surface area contributed by atoms with Crippen molar-refractivity contribution in [3.05, 3.63) is 0 Å². The van der Waals surface area contributed by atoms with Gasteiger partial charge < -0.3 is 4.90 Å². The molecule has 0 aromatic rings. The summed E-state index contributed by atoms with van der Waals surface area (Å²) in [5.74, 6) is 0.362. The Morgan fingerprint density at radius 2 is 1.93 bits per heavy atom. The van der Waals surface area contributed by atoms with E-state index in [4.69, 9.17) is 0 Å². The maximum absolute atomic E-state index is 11.7. The van der Waals surface area contributed by atoms with Crippen molar-refractivity contribution in [2.45, 2.75) is 49.0 Å². The molecule has 1 aliphatic carbocycles. The summed E-state index contributed by atoms with van der Waals surface area (Å²) in [5, 5.41) is 1.05. The van der Waals surface area contributed by atoms with Crippen LogP contribution in [0.25, 0.3) is 0 Å². The Morgan fingerprint density at radius 1 is 1.21 bits per heavy atom. The minimum absolute atomic E-state index is 0.281. The first-order valence-electron chi connectivity index (χ1n) is 5.68. The number of hydrogen-bond donors (Lipinski definition) is 0. The molecule has 3 heteroatoms. The van der Waals surface area contributed by atoms with Gasteiger partial charge in [0.25, 0.3) is 0 Å². The molecule has 2 aliphatic rings. The van der Waals surface area contributed by atoms with Crippen molar-refractivity contribution in [2.75, 3.05) is 13.6 Å². The van der Waals surface area contributed by atoms with Crippen molar-refractivity contribution in [1.29, 1.82) is 0 Å². The van der Waals surface area contributed by atoms with Crippen molar-refractivity contribution >= 4 is 17.7 Å². The standard InChI is InChI=1S/C11H19NOS/c1-12-8-7-10(11(12)13)14-9-5-3-2-4-6-9/h9-10H,2-8H2,1H3. The van der Waals surface area contributed by atoms with Crippen molar-refractivity contribution < 1.29 is 4.79 Å². The van der Waals surface area contributed by atoms with Crippen LogP contribution < -0.4 is 0 Å². The molecule has 1 saturated heterocycles. The van der Waals surface area contributed by atoms with Gasteiger partial charge in [0.05, 0.1) is 5.25 Å². The summed E-state index contributed by atoms with van der Waals surface area (Å²) in [4.78, 5) is 13.6. The molecule has 80 valence electrons. The lowest BCUT2D eigenvalue weighted by Crippen LogP contribution is -2.25. The molecule has 1 unspecified atom stereocenters. The van der Waals surface area contributed by atoms with Gasteiger partial charge in [-0.2, -0.15) is 0 Å². The SMILES string of the molecule is CN1CCC(SC2CCCCC2)C1=O. The van der Waals surface area contributed by atoms with Crippen LogP contribution in [0, 0.1) is 0 Å². The predicted octanol–water partition coefficient (Wildman–Crippen LogP) is 2.28. The second kappa shape index (κ2) is 4.56. The fraction of sp³-hybridized carbons (Fsp3) is 0.909. The van der Waals surface area contributed by atoms with Crippen molar-refractivity contribution in [3.8, 4) is 0 Å². The highest BCUT2D eigenvalue weighted by Gasteiger charge is 2.31. The van der Waals surface area contributed by atoms with Crippen molar-refractivity contribution in [3.63, 3.8) is 0 Å². The zero-order valence-electron chi connectivity index (χ0n) is 8.87. The summed E-state index contributed by atoms with van der Waals surface area (Å²) >= 11 is 1.95. The second-order valence-electron chi connectivity index (χ2n) is 4.43. The van der Waals surface area contributed by atoms with E-state index in [1.165, 1.54) is 32.1 Å². The van der Waals surface area contributed by atoms with E-state index in [9.17, 15) is 4.79 Å². The number of carbonyl (C=O) groups is 1. The summed E-state index contributed by atoms with van der Waals surface area (Å²) < 4.78 is 0. The van der Waals surface area contributed by atoms with Crippen LogP contribution in [-0.2, 0) is 4.79 Å². The smallest absolute Gasteiger partial charge is 0.235 e. The molecule has 2 nitrogen and oxygen atoms in total. The summed E-state index contributed by atoms with van der Waals surface area (Å²) in [5.41, 5.74) is 0. The zero-order valence-corrected chi connectivity index (χ0v) is 9.68. The molecule has 2 fully saturated rings. The number of rotatable bonds is 2. The van der Waals surface area contributed by atoms with Crippen LogP contribution >= 0.6 is 11.8 Å². The highest BCUT2D eigenvalue weighted by atomic mass is 32.2. The van der Waals surface area contributed by atoms with Crippen molar-refractivity contribution in [2.24, 2.45) is 0 Å². The first-order valence-corrected chi connectivity index (χ1v) is 6.62. The molecule has 0 spiro atoms. The van der Waals surface area contributed by atoms with Gasteiger partial charge in [-0.15, -0.1) is 11.8 Å². The Morgan fingerprint density at radius 3 is 2.50 bits per heavy atom. The Bertz CT molecular complexity index is 213. The molecule has 1 saturated carbocycles. The third kappa shape index (κ3) is 2.25. The summed E-state index contributed by atoms with van der Waals surface area (Å²) in [6, 6.07) is 0. The number of nitrogens with zero attached hydrogens (tertiary/aromatic N) is 1. The molecule has 2 rings (SSSR count). The van der Waals surface area contributed by atoms with Gasteiger partial charge in [0.15, 0.2) is 0 Å². The number of hydrogen-bond acceptors (Lipinski definition) is 2. The number of thioether (sulfide) groups is 1. The maximum atomic E-state index is 11.7. The molecule has 1 heterocycles. The lowest BCUT2D eigenvalue weighted by atomic mass is 10.0. The largest absolute Gasteiger partial charge is 0.345 e. The molecule has 1 aliphatic heterocycles. The molecule has 0 N–H and O–H groups in total. The second-order valence-corrected chi connectivity index (χ2v) is 5.94. The van der Waals surface area contributed by atoms with Gasteiger partial charge in [0.1, 0.15) is 0 Å². The first-order chi connectivity index (χ1) is 6.77. The van der Waals surface area contributed by atoms with E-state index in [0.29, 0.717) is 5.91 Å². The molecule has 14 heavy (non-hydrogen) atoms. The topological polar surface area (TPSA) is 20.3 Å². The van der Waals surface area contributed by atoms with E-state index < -0.39 is 0 Å². The number of carbonyl (C=O) groups excluding carboxylic acids is 1. The van der Waals surface area contributed by atoms with Crippen LogP contribution in [0.5, 0.6) is 0 Å². The van der Waals surface area contributed by atoms with Crippen LogP contribution in [0.4, 0.5) is 0 Å². The van der Waals surface area contributed by atoms with Crippen LogP contribution in [0.3, 0.4) is 0 Å². The fourth-order valence-electron chi connectivity index (χ4n) is 2.35. The van der Waals surface area contributed by atoms with E-state index in [1.807, 2.05) is 23.7 Å². The van der Waals surface area contributed by atoms with Gasteiger partial charge in [-0.25, -0.2) is 0 Å². The highest BCUT2D eigenvalue weighted by molar-refractivity contribution is 8.01. The van der Waals surface area contributed by atoms with Crippen LogP contribution in [0.15, 0.2) is 0 Å². The molecule has 0 aromatic carbocycles. The third-order valence-corrected chi connectivity index (χ3v) is 4.91. The Labute approximate surface area is 90.4 Å². The lowest BCUT2D eigenvalue weighted by Gasteiger charge is -2.23. The van der Waals surface area contributed by atoms with Gasteiger partial charge in [-0.1, -0.05) is 19.3 Å². The quantitative estimate of drug-likeness (QED) is 0.701. The van der Waals surface area contributed by atoms with Crippen LogP contribution in [0.1, 0.15) is 38.5 Å². The van der Waals surface area contributed by atoms with Gasteiger partial charge in [0.2, 0.25) is 5.91 Å². The van der Waals surface area contributed by atoms with Crippen molar-refractivity contribution in [1.82, 2.24) is 4.90 Å². The average Bonchev–Trinajstić information content (AvgIpc) is 2.52. The lowest BCUT2D eigenvalue weighted by molar-refractivity contribution is -0.126. The van der Waals surface area contributed by atoms with Gasteiger partial charge in [0, 0.05) is 18.8 Å². The van der Waals surface area contributed by atoms with Crippen LogP contribution in [-0.4, -0.2) is 34.9 Å². The Kier molecular flexibility index (Phi) is 3.37. The molecular weight excluding hydrogens is 194 g/mol. The highest BCUT2D eigenvalue weighted by Crippen LogP contribution is 2.34. The van der Waals surface area contributed by atoms with Gasteiger partial charge in [-0.05, 0) is 19.3 Å². The Hall–Kier alpha value is -0.180. The van der Waals surface area contributed by atoms with Gasteiger partial charge in [-0.3, -0.25) is 4.79 Å². The third-order valence-electron chi connectivity index (χ3n) is 3.29. The normalized spacial score (nSPS) is 29.9. The first kappa shape index (κ1) is 10.3. The molecule has 0 aromatic heterocycles. The Balaban J connectivity index is 1.82.